The normalized spacial score (nSPS) is 14.2. The molecule has 1 aromatic heterocycles. The van der Waals surface area contributed by atoms with Crippen LogP contribution in [0.15, 0.2) is 71.7 Å². The third-order valence-corrected chi connectivity index (χ3v) is 5.42. The lowest BCUT2D eigenvalue weighted by Gasteiger charge is -2.17. The highest BCUT2D eigenvalue weighted by atomic mass is 32.1. The van der Waals surface area contributed by atoms with E-state index >= 15 is 0 Å². The maximum Gasteiger partial charge on any atom is 0.282 e. The largest absolute Gasteiger partial charge is 0.350 e. The Hall–Kier alpha value is -3.18. The minimum absolute atomic E-state index is 0.300. The molecule has 134 valence electrons. The number of amides is 2. The zero-order valence-corrected chi connectivity index (χ0v) is 15.8. The fourth-order valence-corrected chi connectivity index (χ4v) is 3.88. The monoisotopic (exact) mass is 374 g/mol. The number of hydrogen-bond donors (Lipinski definition) is 1. The predicted molar refractivity (Wildman–Crippen MR) is 110 cm³/mol. The second-order valence-electron chi connectivity index (χ2n) is 6.45. The number of carbonyl (C=O) groups excluding carboxylic acids is 2. The highest BCUT2D eigenvalue weighted by molar-refractivity contribution is 7.11. The second kappa shape index (κ2) is 6.85. The second-order valence-corrected chi connectivity index (χ2v) is 7.40. The summed E-state index contributed by atoms with van der Waals surface area (Å²) in [6.07, 6.45) is 0. The van der Waals surface area contributed by atoms with E-state index < -0.39 is 0 Å². The number of thiophene rings is 1. The molecular formula is C22H18N2O2S. The number of nitrogens with one attached hydrogen (secondary N) is 1. The van der Waals surface area contributed by atoms with Crippen molar-refractivity contribution < 1.29 is 9.59 Å². The van der Waals surface area contributed by atoms with Gasteiger partial charge in [0.2, 0.25) is 0 Å². The number of hydrogen-bond acceptors (Lipinski definition) is 4. The van der Waals surface area contributed by atoms with Crippen LogP contribution in [0, 0.1) is 13.8 Å². The van der Waals surface area contributed by atoms with Gasteiger partial charge >= 0.3 is 0 Å². The zero-order chi connectivity index (χ0) is 19.0. The van der Waals surface area contributed by atoms with Crippen LogP contribution < -0.4 is 10.2 Å². The van der Waals surface area contributed by atoms with Gasteiger partial charge in [0.25, 0.3) is 11.8 Å². The quantitative estimate of drug-likeness (QED) is 0.670. The van der Waals surface area contributed by atoms with Gasteiger partial charge in [-0.15, -0.1) is 11.3 Å². The van der Waals surface area contributed by atoms with Gasteiger partial charge in [0.05, 0.1) is 11.3 Å². The maximum absolute atomic E-state index is 13.2. The molecule has 0 saturated heterocycles. The summed E-state index contributed by atoms with van der Waals surface area (Å²) in [5.41, 5.74) is 4.12. The lowest BCUT2D eigenvalue weighted by Crippen LogP contribution is -2.32. The van der Waals surface area contributed by atoms with Crippen LogP contribution in [0.4, 0.5) is 11.4 Å². The number of nitrogens with zero attached hydrogens (tertiary/aromatic N) is 1. The SMILES string of the molecule is Cc1ccc(NC2=C(c3cccs3)C(=O)N(c3ccccc3C)C2=O)cc1. The van der Waals surface area contributed by atoms with Gasteiger partial charge in [-0.25, -0.2) is 4.90 Å². The molecule has 0 aliphatic carbocycles. The van der Waals surface area contributed by atoms with Crippen molar-refractivity contribution in [3.63, 3.8) is 0 Å². The highest BCUT2D eigenvalue weighted by Crippen LogP contribution is 2.36. The molecule has 2 heterocycles. The number of carbonyl (C=O) groups is 2. The summed E-state index contributed by atoms with van der Waals surface area (Å²) in [7, 11) is 0. The van der Waals surface area contributed by atoms with Crippen molar-refractivity contribution in [3.05, 3.63) is 87.7 Å². The summed E-state index contributed by atoms with van der Waals surface area (Å²) in [4.78, 5) is 28.5. The molecule has 3 aromatic rings. The first kappa shape index (κ1) is 17.2. The molecule has 4 nitrogen and oxygen atoms in total. The third-order valence-electron chi connectivity index (χ3n) is 4.53. The van der Waals surface area contributed by atoms with Crippen LogP contribution >= 0.6 is 11.3 Å². The first-order valence-electron chi connectivity index (χ1n) is 8.62. The van der Waals surface area contributed by atoms with Crippen molar-refractivity contribution in [2.24, 2.45) is 0 Å². The van der Waals surface area contributed by atoms with E-state index in [0.717, 1.165) is 21.7 Å². The van der Waals surface area contributed by atoms with Gasteiger partial charge in [-0.05, 0) is 49.1 Å². The van der Waals surface area contributed by atoms with Crippen molar-refractivity contribution >= 4 is 40.1 Å². The molecular weight excluding hydrogens is 356 g/mol. The average molecular weight is 374 g/mol. The van der Waals surface area contributed by atoms with Gasteiger partial charge < -0.3 is 5.32 Å². The summed E-state index contributed by atoms with van der Waals surface area (Å²) in [5, 5.41) is 5.08. The minimum atomic E-state index is -0.335. The number of rotatable bonds is 4. The average Bonchev–Trinajstić information content (AvgIpc) is 3.25. The van der Waals surface area contributed by atoms with E-state index in [1.807, 2.05) is 73.8 Å². The van der Waals surface area contributed by atoms with Crippen molar-refractivity contribution in [1.82, 2.24) is 0 Å². The Morgan fingerprint density at radius 3 is 2.26 bits per heavy atom. The topological polar surface area (TPSA) is 49.4 Å². The lowest BCUT2D eigenvalue weighted by atomic mass is 10.1. The van der Waals surface area contributed by atoms with E-state index in [-0.39, 0.29) is 11.8 Å². The molecule has 0 unspecified atom stereocenters. The van der Waals surface area contributed by atoms with Crippen LogP contribution in [0.5, 0.6) is 0 Å². The molecule has 0 fully saturated rings. The number of para-hydroxylation sites is 1. The molecule has 4 rings (SSSR count). The standard InChI is InChI=1S/C22H18N2O2S/c1-14-9-11-16(12-10-14)23-20-19(18-8-5-13-27-18)21(25)24(22(20)26)17-7-4-3-6-15(17)2/h3-13,23H,1-2H3. The summed E-state index contributed by atoms with van der Waals surface area (Å²) in [6.45, 7) is 3.90. The molecule has 2 aromatic carbocycles. The molecule has 0 radical (unpaired) electrons. The number of benzene rings is 2. The van der Waals surface area contributed by atoms with Gasteiger partial charge in [0, 0.05) is 10.6 Å². The maximum atomic E-state index is 13.2. The van der Waals surface area contributed by atoms with Crippen LogP contribution in [0.25, 0.3) is 5.57 Å². The van der Waals surface area contributed by atoms with Gasteiger partial charge in [-0.1, -0.05) is 42.0 Å². The molecule has 0 bridgehead atoms. The molecule has 0 saturated carbocycles. The fraction of sp³-hybridized carbons (Fsp3) is 0.0909. The Bertz CT molecular complexity index is 1050. The Balaban J connectivity index is 1.81. The summed E-state index contributed by atoms with van der Waals surface area (Å²) < 4.78 is 0. The first-order chi connectivity index (χ1) is 13.1. The van der Waals surface area contributed by atoms with Crippen molar-refractivity contribution in [2.45, 2.75) is 13.8 Å². The van der Waals surface area contributed by atoms with E-state index in [1.165, 1.54) is 16.2 Å². The summed E-state index contributed by atoms with van der Waals surface area (Å²) in [6, 6.07) is 18.9. The Labute approximate surface area is 161 Å². The Kier molecular flexibility index (Phi) is 4.38. The minimum Gasteiger partial charge on any atom is -0.350 e. The van der Waals surface area contributed by atoms with Crippen LogP contribution in [0.2, 0.25) is 0 Å². The van der Waals surface area contributed by atoms with E-state index in [9.17, 15) is 9.59 Å². The fourth-order valence-electron chi connectivity index (χ4n) is 3.11. The third kappa shape index (κ3) is 3.06. The van der Waals surface area contributed by atoms with Crippen LogP contribution in [0.3, 0.4) is 0 Å². The van der Waals surface area contributed by atoms with Crippen molar-refractivity contribution in [1.29, 1.82) is 0 Å². The van der Waals surface area contributed by atoms with Crippen molar-refractivity contribution in [3.8, 4) is 0 Å². The van der Waals surface area contributed by atoms with Gasteiger partial charge in [0.1, 0.15) is 5.70 Å². The Morgan fingerprint density at radius 2 is 1.59 bits per heavy atom. The van der Waals surface area contributed by atoms with E-state index in [1.54, 1.807) is 6.07 Å². The van der Waals surface area contributed by atoms with E-state index in [2.05, 4.69) is 5.32 Å². The van der Waals surface area contributed by atoms with Crippen LogP contribution in [-0.4, -0.2) is 11.8 Å². The van der Waals surface area contributed by atoms with Crippen molar-refractivity contribution in [2.75, 3.05) is 10.2 Å². The molecule has 5 heteroatoms. The number of anilines is 2. The molecule has 1 aliphatic rings. The van der Waals surface area contributed by atoms with E-state index in [0.29, 0.717) is 17.0 Å². The predicted octanol–water partition coefficient (Wildman–Crippen LogP) is 4.76. The van der Waals surface area contributed by atoms with Gasteiger partial charge in [0.15, 0.2) is 0 Å². The zero-order valence-electron chi connectivity index (χ0n) is 15.0. The molecule has 1 aliphatic heterocycles. The first-order valence-corrected chi connectivity index (χ1v) is 9.50. The number of imide groups is 1. The molecule has 1 N–H and O–H groups in total. The molecule has 2 amide bonds. The van der Waals surface area contributed by atoms with Gasteiger partial charge in [-0.2, -0.15) is 0 Å². The van der Waals surface area contributed by atoms with Crippen LogP contribution in [0.1, 0.15) is 16.0 Å². The van der Waals surface area contributed by atoms with Gasteiger partial charge in [-0.3, -0.25) is 9.59 Å². The number of aryl methyl sites for hydroxylation is 2. The smallest absolute Gasteiger partial charge is 0.282 e. The molecule has 0 atom stereocenters. The Morgan fingerprint density at radius 1 is 0.852 bits per heavy atom. The molecule has 0 spiro atoms. The van der Waals surface area contributed by atoms with E-state index in [4.69, 9.17) is 0 Å². The highest BCUT2D eigenvalue weighted by Gasteiger charge is 2.41. The summed E-state index contributed by atoms with van der Waals surface area (Å²) in [5.74, 6) is -0.635. The lowest BCUT2D eigenvalue weighted by molar-refractivity contribution is -0.120. The molecule has 27 heavy (non-hydrogen) atoms. The summed E-state index contributed by atoms with van der Waals surface area (Å²) >= 11 is 1.45. The van der Waals surface area contributed by atoms with Crippen LogP contribution in [-0.2, 0) is 9.59 Å².